The molecular weight excluding hydrogens is 396 g/mol. The maximum absolute atomic E-state index is 12.9. The zero-order valence-electron chi connectivity index (χ0n) is 18.5. The molecule has 0 saturated heterocycles. The summed E-state index contributed by atoms with van der Waals surface area (Å²) in [6.45, 7) is 5.68. The fraction of sp³-hybridized carbons (Fsp3) is 0.391. The van der Waals surface area contributed by atoms with Crippen LogP contribution in [-0.2, 0) is 14.4 Å². The smallest absolute Gasteiger partial charge is 0.240 e. The number of anilines is 2. The standard InChI is InChI=1S/C23H30N4O4/c1-5-23(2,3)26-21(29)16-27(17-9-11-18(31-4)12-10-17)22(30)14-13-20(28)25-19-8-6-7-15-24-19/h6-12,15H,5,13-14,16H2,1-4H3,(H,26,29)(H,24,25,28). The van der Waals surface area contributed by atoms with Crippen molar-refractivity contribution in [3.8, 4) is 5.75 Å². The van der Waals surface area contributed by atoms with Gasteiger partial charge in [-0.2, -0.15) is 0 Å². The topological polar surface area (TPSA) is 101 Å². The first-order valence-electron chi connectivity index (χ1n) is 10.2. The Morgan fingerprint density at radius 1 is 1.03 bits per heavy atom. The highest BCUT2D eigenvalue weighted by Gasteiger charge is 2.24. The zero-order valence-corrected chi connectivity index (χ0v) is 18.5. The monoisotopic (exact) mass is 426 g/mol. The molecule has 1 aromatic carbocycles. The van der Waals surface area contributed by atoms with Crippen LogP contribution in [0.5, 0.6) is 5.75 Å². The molecule has 0 aliphatic carbocycles. The highest BCUT2D eigenvalue weighted by molar-refractivity contribution is 6.01. The molecule has 166 valence electrons. The number of carbonyl (C=O) groups is 3. The summed E-state index contributed by atoms with van der Waals surface area (Å²) in [5, 5.41) is 5.59. The lowest BCUT2D eigenvalue weighted by atomic mass is 10.0. The van der Waals surface area contributed by atoms with E-state index in [2.05, 4.69) is 15.6 Å². The Balaban J connectivity index is 2.07. The van der Waals surface area contributed by atoms with Crippen molar-refractivity contribution < 1.29 is 19.1 Å². The molecule has 2 rings (SSSR count). The SMILES string of the molecule is CCC(C)(C)NC(=O)CN(C(=O)CCC(=O)Nc1ccccn1)c1ccc(OC)cc1. The first kappa shape index (κ1) is 23.9. The number of hydrogen-bond donors (Lipinski definition) is 2. The van der Waals surface area contributed by atoms with Crippen LogP contribution < -0.4 is 20.3 Å². The van der Waals surface area contributed by atoms with E-state index in [-0.39, 0.29) is 42.6 Å². The lowest BCUT2D eigenvalue weighted by Crippen LogP contribution is -2.48. The molecule has 1 heterocycles. The number of pyridine rings is 1. The largest absolute Gasteiger partial charge is 0.497 e. The van der Waals surface area contributed by atoms with Gasteiger partial charge in [-0.15, -0.1) is 0 Å². The summed E-state index contributed by atoms with van der Waals surface area (Å²) in [6, 6.07) is 12.0. The Morgan fingerprint density at radius 3 is 2.32 bits per heavy atom. The molecule has 0 fully saturated rings. The van der Waals surface area contributed by atoms with Gasteiger partial charge in [-0.3, -0.25) is 14.4 Å². The number of hydrogen-bond acceptors (Lipinski definition) is 5. The normalized spacial score (nSPS) is 10.8. The zero-order chi connectivity index (χ0) is 22.9. The lowest BCUT2D eigenvalue weighted by Gasteiger charge is -2.28. The number of methoxy groups -OCH3 is 1. The van der Waals surface area contributed by atoms with Gasteiger partial charge in [0, 0.05) is 30.3 Å². The highest BCUT2D eigenvalue weighted by Crippen LogP contribution is 2.20. The first-order valence-corrected chi connectivity index (χ1v) is 10.2. The molecule has 2 aromatic rings. The number of nitrogens with one attached hydrogen (secondary N) is 2. The van der Waals surface area contributed by atoms with Gasteiger partial charge in [-0.25, -0.2) is 4.98 Å². The third kappa shape index (κ3) is 7.73. The van der Waals surface area contributed by atoms with Crippen LogP contribution in [0.25, 0.3) is 0 Å². The Morgan fingerprint density at radius 2 is 1.74 bits per heavy atom. The number of nitrogens with zero attached hydrogens (tertiary/aromatic N) is 2. The highest BCUT2D eigenvalue weighted by atomic mass is 16.5. The minimum Gasteiger partial charge on any atom is -0.497 e. The summed E-state index contributed by atoms with van der Waals surface area (Å²) in [7, 11) is 1.55. The maximum Gasteiger partial charge on any atom is 0.240 e. The van der Waals surface area contributed by atoms with E-state index < -0.39 is 0 Å². The maximum atomic E-state index is 12.9. The van der Waals surface area contributed by atoms with Gasteiger partial charge in [0.15, 0.2) is 0 Å². The number of aromatic nitrogens is 1. The minimum atomic E-state index is -0.381. The molecule has 0 aliphatic rings. The van der Waals surface area contributed by atoms with Crippen LogP contribution in [-0.4, -0.2) is 41.9 Å². The third-order valence-corrected chi connectivity index (χ3v) is 4.85. The molecule has 0 unspecified atom stereocenters. The summed E-state index contributed by atoms with van der Waals surface area (Å²) in [5.41, 5.74) is 0.175. The molecule has 0 spiro atoms. The Kier molecular flexibility index (Phi) is 8.54. The molecule has 31 heavy (non-hydrogen) atoms. The Labute approximate surface area is 183 Å². The summed E-state index contributed by atoms with van der Waals surface area (Å²) < 4.78 is 5.16. The fourth-order valence-electron chi connectivity index (χ4n) is 2.73. The number of carbonyl (C=O) groups excluding carboxylic acids is 3. The molecule has 0 radical (unpaired) electrons. The summed E-state index contributed by atoms with van der Waals surface area (Å²) >= 11 is 0. The summed E-state index contributed by atoms with van der Waals surface area (Å²) in [6.07, 6.45) is 2.25. The minimum absolute atomic E-state index is 0.0237. The lowest BCUT2D eigenvalue weighted by molar-refractivity contribution is -0.125. The van der Waals surface area contributed by atoms with Crippen molar-refractivity contribution in [1.82, 2.24) is 10.3 Å². The van der Waals surface area contributed by atoms with Gasteiger partial charge in [0.1, 0.15) is 18.1 Å². The number of benzene rings is 1. The average Bonchev–Trinajstić information content (AvgIpc) is 2.76. The number of ether oxygens (including phenoxy) is 1. The van der Waals surface area contributed by atoms with E-state index in [9.17, 15) is 14.4 Å². The summed E-state index contributed by atoms with van der Waals surface area (Å²) in [5.74, 6) is 0.147. The van der Waals surface area contributed by atoms with Crippen molar-refractivity contribution in [2.75, 3.05) is 23.9 Å². The second-order valence-corrected chi connectivity index (χ2v) is 7.73. The summed E-state index contributed by atoms with van der Waals surface area (Å²) in [4.78, 5) is 43.1. The molecule has 8 nitrogen and oxygen atoms in total. The average molecular weight is 427 g/mol. The number of amides is 3. The molecule has 0 aliphatic heterocycles. The van der Waals surface area contributed by atoms with Crippen molar-refractivity contribution in [2.45, 2.75) is 45.6 Å². The van der Waals surface area contributed by atoms with Crippen LogP contribution >= 0.6 is 0 Å². The predicted molar refractivity (Wildman–Crippen MR) is 120 cm³/mol. The Hall–Kier alpha value is -3.42. The van der Waals surface area contributed by atoms with Crippen LogP contribution in [0, 0.1) is 0 Å². The molecular formula is C23H30N4O4. The molecule has 8 heteroatoms. The van der Waals surface area contributed by atoms with Crippen molar-refractivity contribution >= 4 is 29.2 Å². The van der Waals surface area contributed by atoms with Crippen molar-refractivity contribution in [1.29, 1.82) is 0 Å². The van der Waals surface area contributed by atoms with Gasteiger partial charge in [0.25, 0.3) is 0 Å². The van der Waals surface area contributed by atoms with Crippen LogP contribution in [0.4, 0.5) is 11.5 Å². The van der Waals surface area contributed by atoms with Gasteiger partial charge >= 0.3 is 0 Å². The molecule has 0 bridgehead atoms. The van der Waals surface area contributed by atoms with Crippen LogP contribution in [0.15, 0.2) is 48.7 Å². The first-order chi connectivity index (χ1) is 14.7. The van der Waals surface area contributed by atoms with Gasteiger partial charge in [-0.1, -0.05) is 13.0 Å². The van der Waals surface area contributed by atoms with E-state index in [4.69, 9.17) is 4.74 Å². The van der Waals surface area contributed by atoms with Crippen molar-refractivity contribution in [3.05, 3.63) is 48.7 Å². The van der Waals surface area contributed by atoms with E-state index in [0.29, 0.717) is 17.3 Å². The third-order valence-electron chi connectivity index (χ3n) is 4.85. The van der Waals surface area contributed by atoms with E-state index in [0.717, 1.165) is 6.42 Å². The molecule has 3 amide bonds. The van der Waals surface area contributed by atoms with Gasteiger partial charge in [0.2, 0.25) is 17.7 Å². The number of rotatable bonds is 10. The molecule has 2 N–H and O–H groups in total. The van der Waals surface area contributed by atoms with Crippen molar-refractivity contribution in [3.63, 3.8) is 0 Å². The fourth-order valence-corrected chi connectivity index (χ4v) is 2.73. The van der Waals surface area contributed by atoms with Gasteiger partial charge in [0.05, 0.1) is 7.11 Å². The quantitative estimate of drug-likeness (QED) is 0.608. The van der Waals surface area contributed by atoms with Crippen LogP contribution in [0.2, 0.25) is 0 Å². The predicted octanol–water partition coefficient (Wildman–Crippen LogP) is 3.15. The second-order valence-electron chi connectivity index (χ2n) is 7.73. The van der Waals surface area contributed by atoms with Crippen molar-refractivity contribution in [2.24, 2.45) is 0 Å². The van der Waals surface area contributed by atoms with E-state index in [1.54, 1.807) is 55.8 Å². The van der Waals surface area contributed by atoms with E-state index in [1.807, 2.05) is 20.8 Å². The molecule has 0 saturated carbocycles. The Bertz CT molecular complexity index is 882. The molecule has 0 atom stereocenters. The van der Waals surface area contributed by atoms with Crippen LogP contribution in [0.1, 0.15) is 40.0 Å². The molecule has 1 aromatic heterocycles. The van der Waals surface area contributed by atoms with E-state index in [1.165, 1.54) is 4.90 Å². The van der Waals surface area contributed by atoms with E-state index >= 15 is 0 Å². The van der Waals surface area contributed by atoms with Gasteiger partial charge < -0.3 is 20.3 Å². The second kappa shape index (κ2) is 11.1. The van der Waals surface area contributed by atoms with Crippen LogP contribution in [0.3, 0.4) is 0 Å². The van der Waals surface area contributed by atoms with Gasteiger partial charge in [-0.05, 0) is 56.7 Å².